The Kier molecular flexibility index (Phi) is 5.79. The van der Waals surface area contributed by atoms with Crippen LogP contribution in [0.3, 0.4) is 0 Å². The molecule has 1 heterocycles. The third-order valence-corrected chi connectivity index (χ3v) is 3.70. The van der Waals surface area contributed by atoms with Gasteiger partial charge in [0.05, 0.1) is 0 Å². The minimum Gasteiger partial charge on any atom is -0.384 e. The molecule has 0 aliphatic carbocycles. The van der Waals surface area contributed by atoms with Gasteiger partial charge in [0.25, 0.3) is 5.91 Å². The average molecular weight is 286 g/mol. The van der Waals surface area contributed by atoms with E-state index in [-0.39, 0.29) is 12.5 Å². The first-order valence-electron chi connectivity index (χ1n) is 7.41. The summed E-state index contributed by atoms with van der Waals surface area (Å²) in [6.07, 6.45) is 2.53. The van der Waals surface area contributed by atoms with E-state index in [1.54, 1.807) is 6.07 Å². The summed E-state index contributed by atoms with van der Waals surface area (Å²) in [6, 6.07) is 5.44. The second-order valence-corrected chi connectivity index (χ2v) is 5.29. The standard InChI is InChI=1S/C17H22N2O2/c1-14-13-16(7-6-15(14)5-4-12-20)17(21)18-8-11-19-9-2-3-10-19/h6-7,13,20H,2-3,8-12H2,1H3,(H,18,21). The van der Waals surface area contributed by atoms with Crippen molar-refractivity contribution in [3.8, 4) is 11.8 Å². The third-order valence-electron chi connectivity index (χ3n) is 3.70. The molecule has 1 aromatic carbocycles. The Morgan fingerprint density at radius 3 is 2.81 bits per heavy atom. The third kappa shape index (κ3) is 4.59. The first-order chi connectivity index (χ1) is 10.2. The molecule has 0 aromatic heterocycles. The van der Waals surface area contributed by atoms with Crippen LogP contribution in [0.1, 0.15) is 34.3 Å². The van der Waals surface area contributed by atoms with Crippen LogP contribution in [-0.4, -0.2) is 48.7 Å². The summed E-state index contributed by atoms with van der Waals surface area (Å²) in [7, 11) is 0. The highest BCUT2D eigenvalue weighted by Crippen LogP contribution is 2.10. The van der Waals surface area contributed by atoms with Crippen molar-refractivity contribution in [1.29, 1.82) is 0 Å². The first-order valence-corrected chi connectivity index (χ1v) is 7.41. The summed E-state index contributed by atoms with van der Waals surface area (Å²) in [5.41, 5.74) is 2.45. The van der Waals surface area contributed by atoms with Gasteiger partial charge in [-0.2, -0.15) is 0 Å². The van der Waals surface area contributed by atoms with Gasteiger partial charge in [0.2, 0.25) is 0 Å². The molecule has 21 heavy (non-hydrogen) atoms. The van der Waals surface area contributed by atoms with Crippen molar-refractivity contribution >= 4 is 5.91 Å². The topological polar surface area (TPSA) is 52.6 Å². The fourth-order valence-electron chi connectivity index (χ4n) is 2.52. The number of nitrogens with one attached hydrogen (secondary N) is 1. The molecule has 0 atom stereocenters. The monoisotopic (exact) mass is 286 g/mol. The maximum Gasteiger partial charge on any atom is 0.251 e. The number of rotatable bonds is 4. The molecule has 1 aliphatic rings. The van der Waals surface area contributed by atoms with Gasteiger partial charge in [0.1, 0.15) is 6.61 Å². The quantitative estimate of drug-likeness (QED) is 0.817. The fourth-order valence-corrected chi connectivity index (χ4v) is 2.52. The van der Waals surface area contributed by atoms with Gasteiger partial charge in [0.15, 0.2) is 0 Å². The second-order valence-electron chi connectivity index (χ2n) is 5.29. The van der Waals surface area contributed by atoms with Gasteiger partial charge >= 0.3 is 0 Å². The molecule has 4 heteroatoms. The van der Waals surface area contributed by atoms with E-state index in [2.05, 4.69) is 22.1 Å². The number of aliphatic hydroxyl groups is 1. The molecule has 1 aliphatic heterocycles. The lowest BCUT2D eigenvalue weighted by Crippen LogP contribution is -2.33. The molecule has 2 N–H and O–H groups in total. The predicted molar refractivity (Wildman–Crippen MR) is 83.2 cm³/mol. The van der Waals surface area contributed by atoms with Gasteiger partial charge in [0, 0.05) is 24.2 Å². The van der Waals surface area contributed by atoms with Crippen LogP contribution < -0.4 is 5.32 Å². The van der Waals surface area contributed by atoms with Crippen LogP contribution in [0.5, 0.6) is 0 Å². The van der Waals surface area contributed by atoms with Gasteiger partial charge in [-0.3, -0.25) is 4.79 Å². The summed E-state index contributed by atoms with van der Waals surface area (Å²) in [4.78, 5) is 14.5. The minimum absolute atomic E-state index is 0.0426. The largest absolute Gasteiger partial charge is 0.384 e. The van der Waals surface area contributed by atoms with E-state index in [1.807, 2.05) is 19.1 Å². The van der Waals surface area contributed by atoms with E-state index >= 15 is 0 Å². The number of likely N-dealkylation sites (tertiary alicyclic amines) is 1. The van der Waals surface area contributed by atoms with Crippen molar-refractivity contribution in [1.82, 2.24) is 10.2 Å². The first kappa shape index (κ1) is 15.6. The number of benzene rings is 1. The number of nitrogens with zero attached hydrogens (tertiary/aromatic N) is 1. The molecule has 0 unspecified atom stereocenters. The summed E-state index contributed by atoms with van der Waals surface area (Å²) in [6.45, 7) is 5.66. The van der Waals surface area contributed by atoms with Gasteiger partial charge in [-0.05, 0) is 56.6 Å². The Bertz CT molecular complexity index is 552. The Balaban J connectivity index is 1.88. The molecule has 1 aromatic rings. The molecule has 0 spiro atoms. The van der Waals surface area contributed by atoms with E-state index in [1.165, 1.54) is 12.8 Å². The van der Waals surface area contributed by atoms with Crippen molar-refractivity contribution < 1.29 is 9.90 Å². The van der Waals surface area contributed by atoms with Crippen LogP contribution in [0.4, 0.5) is 0 Å². The molecule has 4 nitrogen and oxygen atoms in total. The van der Waals surface area contributed by atoms with Gasteiger partial charge in [-0.25, -0.2) is 0 Å². The smallest absolute Gasteiger partial charge is 0.251 e. The van der Waals surface area contributed by atoms with Crippen molar-refractivity contribution in [2.24, 2.45) is 0 Å². The highest BCUT2D eigenvalue weighted by molar-refractivity contribution is 5.94. The summed E-state index contributed by atoms with van der Waals surface area (Å²) >= 11 is 0. The summed E-state index contributed by atoms with van der Waals surface area (Å²) in [5, 5.41) is 11.7. The van der Waals surface area contributed by atoms with E-state index in [0.29, 0.717) is 12.1 Å². The number of hydrogen-bond donors (Lipinski definition) is 2. The SMILES string of the molecule is Cc1cc(C(=O)NCCN2CCCC2)ccc1C#CCO. The van der Waals surface area contributed by atoms with E-state index < -0.39 is 0 Å². The van der Waals surface area contributed by atoms with Crippen LogP contribution in [0.2, 0.25) is 0 Å². The van der Waals surface area contributed by atoms with Gasteiger partial charge < -0.3 is 15.3 Å². The number of hydrogen-bond acceptors (Lipinski definition) is 3. The van der Waals surface area contributed by atoms with Crippen molar-refractivity contribution in [3.05, 3.63) is 34.9 Å². The van der Waals surface area contributed by atoms with Crippen LogP contribution in [0.15, 0.2) is 18.2 Å². The van der Waals surface area contributed by atoms with Crippen LogP contribution in [0.25, 0.3) is 0 Å². The molecule has 2 rings (SSSR count). The van der Waals surface area contributed by atoms with Crippen molar-refractivity contribution in [3.63, 3.8) is 0 Å². The molecule has 0 bridgehead atoms. The Morgan fingerprint density at radius 1 is 1.38 bits per heavy atom. The average Bonchev–Trinajstić information content (AvgIpc) is 2.99. The zero-order valence-corrected chi connectivity index (χ0v) is 12.5. The molecule has 1 amide bonds. The van der Waals surface area contributed by atoms with Gasteiger partial charge in [-0.1, -0.05) is 11.8 Å². The number of aryl methyl sites for hydroxylation is 1. The lowest BCUT2D eigenvalue weighted by Gasteiger charge is -2.14. The Hall–Kier alpha value is -1.83. The van der Waals surface area contributed by atoms with Crippen molar-refractivity contribution in [2.45, 2.75) is 19.8 Å². The maximum atomic E-state index is 12.1. The number of carbonyl (C=O) groups is 1. The number of amides is 1. The second kappa shape index (κ2) is 7.82. The van der Waals surface area contributed by atoms with E-state index in [4.69, 9.17) is 5.11 Å². The Labute approximate surface area is 126 Å². The normalized spacial score (nSPS) is 14.6. The summed E-state index contributed by atoms with van der Waals surface area (Å²) in [5.74, 6) is 5.45. The highest BCUT2D eigenvalue weighted by Gasteiger charge is 2.12. The zero-order valence-electron chi connectivity index (χ0n) is 12.5. The number of aliphatic hydroxyl groups excluding tert-OH is 1. The molecule has 1 fully saturated rings. The van der Waals surface area contributed by atoms with Crippen LogP contribution in [0, 0.1) is 18.8 Å². The van der Waals surface area contributed by atoms with E-state index in [0.717, 1.165) is 30.8 Å². The fraction of sp³-hybridized carbons (Fsp3) is 0.471. The summed E-state index contributed by atoms with van der Waals surface area (Å²) < 4.78 is 0. The molecule has 1 saturated heterocycles. The zero-order chi connectivity index (χ0) is 15.1. The van der Waals surface area contributed by atoms with Crippen LogP contribution in [-0.2, 0) is 0 Å². The van der Waals surface area contributed by atoms with Crippen molar-refractivity contribution in [2.75, 3.05) is 32.8 Å². The molecule has 0 radical (unpaired) electrons. The lowest BCUT2D eigenvalue weighted by molar-refractivity contribution is 0.0949. The highest BCUT2D eigenvalue weighted by atomic mass is 16.2. The van der Waals surface area contributed by atoms with Gasteiger partial charge in [-0.15, -0.1) is 0 Å². The molecule has 0 saturated carbocycles. The predicted octanol–water partition coefficient (Wildman–Crippen LogP) is 1.16. The maximum absolute atomic E-state index is 12.1. The molecule has 112 valence electrons. The van der Waals surface area contributed by atoms with Crippen LogP contribution >= 0.6 is 0 Å². The lowest BCUT2D eigenvalue weighted by atomic mass is 10.0. The van der Waals surface area contributed by atoms with E-state index in [9.17, 15) is 4.79 Å². The Morgan fingerprint density at radius 2 is 2.14 bits per heavy atom. The molecular weight excluding hydrogens is 264 g/mol. The number of carbonyl (C=O) groups excluding carboxylic acids is 1. The minimum atomic E-state index is -0.155. The molecular formula is C17H22N2O2.